The maximum absolute atomic E-state index is 6.23. The third-order valence-corrected chi connectivity index (χ3v) is 4.70. The van der Waals surface area contributed by atoms with Gasteiger partial charge in [0.2, 0.25) is 11.7 Å². The molecule has 0 saturated carbocycles. The summed E-state index contributed by atoms with van der Waals surface area (Å²) in [5, 5.41) is 4.12. The second kappa shape index (κ2) is 5.66. The van der Waals surface area contributed by atoms with E-state index in [1.165, 1.54) is 0 Å². The first-order valence-corrected chi connectivity index (χ1v) is 7.61. The monoisotopic (exact) mass is 296 g/mol. The highest BCUT2D eigenvalue weighted by atomic mass is 16.5. The molecule has 0 radical (unpaired) electrons. The maximum Gasteiger partial charge on any atom is 0.234 e. The molecule has 0 aliphatic carbocycles. The van der Waals surface area contributed by atoms with Gasteiger partial charge >= 0.3 is 0 Å². The average Bonchev–Trinajstić information content (AvgIpc) is 2.87. The van der Waals surface area contributed by atoms with Crippen molar-refractivity contribution in [1.82, 2.24) is 15.0 Å². The molecule has 1 aliphatic heterocycles. The Labute approximate surface area is 127 Å². The lowest BCUT2D eigenvalue weighted by Gasteiger charge is -2.35. The van der Waals surface area contributed by atoms with Crippen LogP contribution in [0.25, 0.3) is 0 Å². The average molecular weight is 296 g/mol. The van der Waals surface area contributed by atoms with E-state index in [0.717, 1.165) is 13.1 Å². The summed E-state index contributed by atoms with van der Waals surface area (Å²) in [5.41, 5.74) is 5.38. The minimum Gasteiger partial charge on any atom is -0.367 e. The highest BCUT2D eigenvalue weighted by Crippen LogP contribution is 2.33. The summed E-state index contributed by atoms with van der Waals surface area (Å²) in [7, 11) is 0. The van der Waals surface area contributed by atoms with Crippen LogP contribution in [0.15, 0.2) is 4.52 Å². The van der Waals surface area contributed by atoms with Gasteiger partial charge in [0.15, 0.2) is 0 Å². The minimum absolute atomic E-state index is 0.129. The number of morpholine rings is 1. The molecule has 0 bridgehead atoms. The summed E-state index contributed by atoms with van der Waals surface area (Å²) in [6, 6.07) is 0.488. The number of hydrogen-bond donors (Lipinski definition) is 1. The summed E-state index contributed by atoms with van der Waals surface area (Å²) in [4.78, 5) is 6.92. The van der Waals surface area contributed by atoms with Gasteiger partial charge in [0.05, 0.1) is 12.0 Å². The zero-order valence-electron chi connectivity index (χ0n) is 14.0. The summed E-state index contributed by atoms with van der Waals surface area (Å²) < 4.78 is 11.3. The first-order valence-electron chi connectivity index (χ1n) is 7.61. The quantitative estimate of drug-likeness (QED) is 0.914. The topological polar surface area (TPSA) is 77.4 Å². The molecule has 0 aromatic carbocycles. The van der Waals surface area contributed by atoms with Crippen LogP contribution in [0.4, 0.5) is 0 Å². The maximum atomic E-state index is 6.23. The number of aromatic nitrogens is 2. The fraction of sp³-hybridized carbons (Fsp3) is 0.867. The van der Waals surface area contributed by atoms with E-state index in [2.05, 4.69) is 28.9 Å². The predicted octanol–water partition coefficient (Wildman–Crippen LogP) is 1.87. The molecule has 1 aromatic rings. The van der Waals surface area contributed by atoms with Crippen molar-refractivity contribution in [2.24, 2.45) is 5.73 Å². The lowest BCUT2D eigenvalue weighted by molar-refractivity contribution is -0.0450. The van der Waals surface area contributed by atoms with E-state index in [1.807, 2.05) is 27.7 Å². The fourth-order valence-corrected chi connectivity index (χ4v) is 2.19. The van der Waals surface area contributed by atoms with Gasteiger partial charge in [-0.3, -0.25) is 4.90 Å². The Bertz CT molecular complexity index is 476. The number of hydrogen-bond acceptors (Lipinski definition) is 6. The van der Waals surface area contributed by atoms with Crippen LogP contribution in [0.2, 0.25) is 0 Å². The van der Waals surface area contributed by atoms with Crippen LogP contribution in [0.1, 0.15) is 59.4 Å². The number of ether oxygens (including phenoxy) is 1. The van der Waals surface area contributed by atoms with Crippen molar-refractivity contribution in [3.05, 3.63) is 11.7 Å². The first kappa shape index (κ1) is 16.4. The van der Waals surface area contributed by atoms with E-state index in [9.17, 15) is 0 Å². The van der Waals surface area contributed by atoms with Crippen molar-refractivity contribution >= 4 is 0 Å². The van der Waals surface area contributed by atoms with Crippen LogP contribution < -0.4 is 5.73 Å². The summed E-state index contributed by atoms with van der Waals surface area (Å²) in [5.74, 6) is 1.18. The summed E-state index contributed by atoms with van der Waals surface area (Å²) in [6.45, 7) is 14.8. The molecule has 1 fully saturated rings. The second-order valence-electron chi connectivity index (χ2n) is 7.25. The number of rotatable bonds is 4. The Balaban J connectivity index is 2.17. The van der Waals surface area contributed by atoms with Crippen LogP contribution in [-0.2, 0) is 10.2 Å². The lowest BCUT2D eigenvalue weighted by Crippen LogP contribution is -2.50. The molecule has 2 heterocycles. The molecule has 1 unspecified atom stereocenters. The zero-order chi connectivity index (χ0) is 15.8. The Morgan fingerprint density at radius 2 is 1.95 bits per heavy atom. The molecule has 1 atom stereocenters. The molecule has 120 valence electrons. The normalized spacial score (nSPS) is 22.0. The zero-order valence-corrected chi connectivity index (χ0v) is 14.0. The van der Waals surface area contributed by atoms with Gasteiger partial charge < -0.3 is 15.0 Å². The lowest BCUT2D eigenvalue weighted by atomic mass is 9.75. The van der Waals surface area contributed by atoms with Gasteiger partial charge in [-0.1, -0.05) is 5.16 Å². The molecular formula is C15H28N4O2. The molecule has 0 spiro atoms. The largest absolute Gasteiger partial charge is 0.367 e. The summed E-state index contributed by atoms with van der Waals surface area (Å²) >= 11 is 0. The van der Waals surface area contributed by atoms with Crippen molar-refractivity contribution in [3.8, 4) is 0 Å². The van der Waals surface area contributed by atoms with Gasteiger partial charge in [-0.15, -0.1) is 0 Å². The Kier molecular flexibility index (Phi) is 4.42. The van der Waals surface area contributed by atoms with E-state index in [-0.39, 0.29) is 6.10 Å². The van der Waals surface area contributed by atoms with E-state index in [4.69, 9.17) is 15.0 Å². The van der Waals surface area contributed by atoms with Gasteiger partial charge in [-0.05, 0) is 41.5 Å². The molecule has 1 saturated heterocycles. The van der Waals surface area contributed by atoms with Gasteiger partial charge in [0.1, 0.15) is 6.10 Å². The van der Waals surface area contributed by atoms with Crippen molar-refractivity contribution in [3.63, 3.8) is 0 Å². The molecule has 1 aromatic heterocycles. The fourth-order valence-electron chi connectivity index (χ4n) is 2.19. The van der Waals surface area contributed by atoms with Crippen molar-refractivity contribution in [1.29, 1.82) is 0 Å². The first-order chi connectivity index (χ1) is 9.63. The number of nitrogens with zero attached hydrogens (tertiary/aromatic N) is 3. The van der Waals surface area contributed by atoms with Gasteiger partial charge in [0.25, 0.3) is 0 Å². The Morgan fingerprint density at radius 3 is 2.52 bits per heavy atom. The van der Waals surface area contributed by atoms with Gasteiger partial charge in [-0.2, -0.15) is 4.98 Å². The Morgan fingerprint density at radius 1 is 1.29 bits per heavy atom. The van der Waals surface area contributed by atoms with Gasteiger partial charge in [-0.25, -0.2) is 0 Å². The summed E-state index contributed by atoms with van der Waals surface area (Å²) in [6.07, 6.45) is -0.129. The highest BCUT2D eigenvalue weighted by molar-refractivity contribution is 5.11. The van der Waals surface area contributed by atoms with Crippen LogP contribution in [-0.4, -0.2) is 46.3 Å². The van der Waals surface area contributed by atoms with Crippen LogP contribution in [0, 0.1) is 0 Å². The smallest absolute Gasteiger partial charge is 0.234 e. The molecule has 2 N–H and O–H groups in total. The van der Waals surface area contributed by atoms with E-state index in [0.29, 0.717) is 24.4 Å². The SMILES string of the molecule is CC(C)N1CCOC(c2noc(C(C)(C)C(C)(C)N)n2)C1. The van der Waals surface area contributed by atoms with E-state index >= 15 is 0 Å². The van der Waals surface area contributed by atoms with E-state index in [1.54, 1.807) is 0 Å². The molecule has 0 amide bonds. The second-order valence-corrected chi connectivity index (χ2v) is 7.25. The van der Waals surface area contributed by atoms with Crippen LogP contribution in [0.5, 0.6) is 0 Å². The van der Waals surface area contributed by atoms with Crippen molar-refractivity contribution < 1.29 is 9.26 Å². The van der Waals surface area contributed by atoms with E-state index < -0.39 is 11.0 Å². The highest BCUT2D eigenvalue weighted by Gasteiger charge is 2.41. The van der Waals surface area contributed by atoms with Crippen LogP contribution in [0.3, 0.4) is 0 Å². The molecule has 21 heavy (non-hydrogen) atoms. The predicted molar refractivity (Wildman–Crippen MR) is 81.0 cm³/mol. The molecule has 6 nitrogen and oxygen atoms in total. The molecular weight excluding hydrogens is 268 g/mol. The van der Waals surface area contributed by atoms with Crippen molar-refractivity contribution in [2.75, 3.05) is 19.7 Å². The minimum atomic E-state index is -0.450. The number of nitrogens with two attached hydrogens (primary N) is 1. The molecule has 6 heteroatoms. The van der Waals surface area contributed by atoms with Crippen LogP contribution >= 0.6 is 0 Å². The standard InChI is InChI=1S/C15H28N4O2/c1-10(2)19-7-8-20-11(9-19)12-17-13(21-18-12)14(3,4)15(5,6)16/h10-11H,7-9,16H2,1-6H3. The molecule has 2 rings (SSSR count). The Hall–Kier alpha value is -0.980. The van der Waals surface area contributed by atoms with Crippen molar-refractivity contribution in [2.45, 2.75) is 64.6 Å². The third-order valence-electron chi connectivity index (χ3n) is 4.70. The molecule has 1 aliphatic rings. The third kappa shape index (κ3) is 3.27. The van der Waals surface area contributed by atoms with Gasteiger partial charge in [0, 0.05) is 24.7 Å².